The van der Waals surface area contributed by atoms with Crippen LogP contribution in [0.5, 0.6) is 0 Å². The maximum Gasteiger partial charge on any atom is 0.326 e. The second-order valence-electron chi connectivity index (χ2n) is 3.84. The minimum atomic E-state index is -1.08. The number of hydrogen-bond donors (Lipinski definition) is 3. The molecule has 3 atom stereocenters. The predicted octanol–water partition coefficient (Wildman–Crippen LogP) is 0.505. The number of aliphatic carboxylic acids is 1. The monoisotopic (exact) mass is 228 g/mol. The lowest BCUT2D eigenvalue weighted by molar-refractivity contribution is -0.142. The van der Waals surface area contributed by atoms with E-state index in [9.17, 15) is 9.59 Å². The third-order valence-corrected chi connectivity index (χ3v) is 2.58. The molecule has 1 unspecified atom stereocenters. The number of amides is 1. The van der Waals surface area contributed by atoms with E-state index in [1.54, 1.807) is 0 Å². The Kier molecular flexibility index (Phi) is 6.41. The van der Waals surface area contributed by atoms with Gasteiger partial charge in [-0.1, -0.05) is 26.3 Å². The summed E-state index contributed by atoms with van der Waals surface area (Å²) in [6.07, 6.45) is 2.41. The number of carbonyl (C=O) groups excluding carboxylic acids is 1. The van der Waals surface area contributed by atoms with Crippen molar-refractivity contribution in [2.24, 2.45) is 11.7 Å². The van der Waals surface area contributed by atoms with Gasteiger partial charge in [-0.3, -0.25) is 4.79 Å². The van der Waals surface area contributed by atoms with Gasteiger partial charge in [-0.05, 0) is 12.3 Å². The van der Waals surface area contributed by atoms with Crippen LogP contribution in [0.2, 0.25) is 0 Å². The van der Waals surface area contributed by atoms with Crippen LogP contribution in [0.4, 0.5) is 0 Å². The number of nitrogens with two attached hydrogens (primary N) is 1. The van der Waals surface area contributed by atoms with Crippen LogP contribution in [-0.2, 0) is 9.59 Å². The minimum absolute atomic E-state index is 0.0261. The number of hydrogen-bond acceptors (Lipinski definition) is 3. The Balaban J connectivity index is 4.39. The number of carboxylic acids is 1. The molecule has 0 fully saturated rings. The van der Waals surface area contributed by atoms with Gasteiger partial charge in [-0.15, -0.1) is 6.58 Å². The molecule has 0 radical (unpaired) electrons. The fourth-order valence-corrected chi connectivity index (χ4v) is 1.17. The number of rotatable bonds is 7. The van der Waals surface area contributed by atoms with Gasteiger partial charge < -0.3 is 16.2 Å². The summed E-state index contributed by atoms with van der Waals surface area (Å²) in [6, 6.07) is -1.61. The molecule has 1 amide bonds. The third-order valence-electron chi connectivity index (χ3n) is 2.58. The van der Waals surface area contributed by atoms with E-state index in [4.69, 9.17) is 10.8 Å². The molecule has 0 saturated carbocycles. The Morgan fingerprint density at radius 3 is 2.50 bits per heavy atom. The average molecular weight is 228 g/mol. The van der Waals surface area contributed by atoms with Crippen molar-refractivity contribution < 1.29 is 14.7 Å². The van der Waals surface area contributed by atoms with Gasteiger partial charge in [0.15, 0.2) is 0 Å². The highest BCUT2D eigenvalue weighted by atomic mass is 16.4. The molecule has 92 valence electrons. The van der Waals surface area contributed by atoms with Crippen molar-refractivity contribution in [2.45, 2.75) is 38.8 Å². The van der Waals surface area contributed by atoms with Crippen molar-refractivity contribution in [3.63, 3.8) is 0 Å². The van der Waals surface area contributed by atoms with Gasteiger partial charge in [0.05, 0.1) is 6.04 Å². The fourth-order valence-electron chi connectivity index (χ4n) is 1.17. The molecule has 0 aliphatic rings. The molecule has 5 heteroatoms. The van der Waals surface area contributed by atoms with E-state index in [-0.39, 0.29) is 12.3 Å². The Bertz CT molecular complexity index is 266. The standard InChI is InChI=1S/C11H20N2O3/c1-4-6-8(11(15)16)13-10(14)9(12)7(3)5-2/h4,7-9H,1,5-6,12H2,2-3H3,(H,13,14)(H,15,16)/t7-,8?,9-/m0/s1. The van der Waals surface area contributed by atoms with E-state index in [0.717, 1.165) is 6.42 Å². The normalized spacial score (nSPS) is 15.9. The first kappa shape index (κ1) is 14.6. The lowest BCUT2D eigenvalue weighted by Gasteiger charge is -2.20. The molecule has 0 aliphatic heterocycles. The third kappa shape index (κ3) is 4.44. The molecule has 0 bridgehead atoms. The zero-order chi connectivity index (χ0) is 12.7. The van der Waals surface area contributed by atoms with Crippen LogP contribution in [0, 0.1) is 5.92 Å². The highest BCUT2D eigenvalue weighted by Crippen LogP contribution is 2.06. The van der Waals surface area contributed by atoms with Crippen molar-refractivity contribution in [1.29, 1.82) is 0 Å². The lowest BCUT2D eigenvalue weighted by Crippen LogP contribution is -2.50. The molecule has 16 heavy (non-hydrogen) atoms. The van der Waals surface area contributed by atoms with E-state index in [1.165, 1.54) is 6.08 Å². The number of carbonyl (C=O) groups is 2. The van der Waals surface area contributed by atoms with Crippen LogP contribution < -0.4 is 11.1 Å². The van der Waals surface area contributed by atoms with E-state index >= 15 is 0 Å². The maximum atomic E-state index is 11.6. The summed E-state index contributed by atoms with van der Waals surface area (Å²) in [6.45, 7) is 7.22. The molecule has 0 saturated heterocycles. The molecule has 0 aliphatic carbocycles. The summed E-state index contributed by atoms with van der Waals surface area (Å²) in [4.78, 5) is 22.4. The number of nitrogens with one attached hydrogen (secondary N) is 1. The van der Waals surface area contributed by atoms with Gasteiger partial charge in [0.25, 0.3) is 0 Å². The van der Waals surface area contributed by atoms with Crippen molar-refractivity contribution in [1.82, 2.24) is 5.32 Å². The smallest absolute Gasteiger partial charge is 0.326 e. The van der Waals surface area contributed by atoms with Crippen LogP contribution in [0.1, 0.15) is 26.7 Å². The molecular formula is C11H20N2O3. The second-order valence-corrected chi connectivity index (χ2v) is 3.84. The topological polar surface area (TPSA) is 92.4 Å². The summed E-state index contributed by atoms with van der Waals surface area (Å²) >= 11 is 0. The van der Waals surface area contributed by atoms with Gasteiger partial charge in [0, 0.05) is 0 Å². The first-order chi connectivity index (χ1) is 7.43. The summed E-state index contributed by atoms with van der Waals surface area (Å²) in [5, 5.41) is 11.2. The molecule has 0 aromatic heterocycles. The highest BCUT2D eigenvalue weighted by Gasteiger charge is 2.24. The predicted molar refractivity (Wildman–Crippen MR) is 61.8 cm³/mol. The van der Waals surface area contributed by atoms with Gasteiger partial charge in [-0.2, -0.15) is 0 Å². The first-order valence-electron chi connectivity index (χ1n) is 5.33. The molecule has 5 nitrogen and oxygen atoms in total. The van der Waals surface area contributed by atoms with Crippen molar-refractivity contribution >= 4 is 11.9 Å². The van der Waals surface area contributed by atoms with Crippen LogP contribution in [-0.4, -0.2) is 29.1 Å². The van der Waals surface area contributed by atoms with Crippen molar-refractivity contribution in [2.75, 3.05) is 0 Å². The first-order valence-corrected chi connectivity index (χ1v) is 5.33. The van der Waals surface area contributed by atoms with E-state index in [1.807, 2.05) is 13.8 Å². The fraction of sp³-hybridized carbons (Fsp3) is 0.636. The number of carboxylic acid groups (broad SMARTS) is 1. The molecule has 0 spiro atoms. The van der Waals surface area contributed by atoms with Crippen LogP contribution in [0.25, 0.3) is 0 Å². The second kappa shape index (κ2) is 7.00. The lowest BCUT2D eigenvalue weighted by atomic mass is 9.99. The van der Waals surface area contributed by atoms with Gasteiger partial charge in [0.2, 0.25) is 5.91 Å². The van der Waals surface area contributed by atoms with Gasteiger partial charge in [0.1, 0.15) is 6.04 Å². The van der Waals surface area contributed by atoms with Crippen LogP contribution >= 0.6 is 0 Å². The summed E-state index contributed by atoms with van der Waals surface area (Å²) in [7, 11) is 0. The Morgan fingerprint density at radius 2 is 2.12 bits per heavy atom. The maximum absolute atomic E-state index is 11.6. The van der Waals surface area contributed by atoms with E-state index in [0.29, 0.717) is 0 Å². The summed E-state index contributed by atoms with van der Waals surface area (Å²) in [5.41, 5.74) is 5.69. The Labute approximate surface area is 95.7 Å². The summed E-state index contributed by atoms with van der Waals surface area (Å²) < 4.78 is 0. The van der Waals surface area contributed by atoms with Crippen LogP contribution in [0.15, 0.2) is 12.7 Å². The highest BCUT2D eigenvalue weighted by molar-refractivity contribution is 5.87. The van der Waals surface area contributed by atoms with E-state index < -0.39 is 24.0 Å². The Hall–Kier alpha value is -1.36. The van der Waals surface area contributed by atoms with E-state index in [2.05, 4.69) is 11.9 Å². The molecule has 0 rings (SSSR count). The van der Waals surface area contributed by atoms with Crippen LogP contribution in [0.3, 0.4) is 0 Å². The van der Waals surface area contributed by atoms with Crippen molar-refractivity contribution in [3.8, 4) is 0 Å². The quantitative estimate of drug-likeness (QED) is 0.553. The molecule has 4 N–H and O–H groups in total. The molecule has 0 aromatic carbocycles. The zero-order valence-electron chi connectivity index (χ0n) is 9.77. The average Bonchev–Trinajstić information content (AvgIpc) is 2.25. The SMILES string of the molecule is C=CCC(NC(=O)[C@@H](N)[C@@H](C)CC)C(=O)O. The molecule has 0 aromatic rings. The minimum Gasteiger partial charge on any atom is -0.480 e. The zero-order valence-corrected chi connectivity index (χ0v) is 9.77. The van der Waals surface area contributed by atoms with Gasteiger partial charge in [-0.25, -0.2) is 4.79 Å². The largest absolute Gasteiger partial charge is 0.480 e. The van der Waals surface area contributed by atoms with Gasteiger partial charge >= 0.3 is 5.97 Å². The van der Waals surface area contributed by atoms with Crippen molar-refractivity contribution in [3.05, 3.63) is 12.7 Å². The molecular weight excluding hydrogens is 208 g/mol. The summed E-state index contributed by atoms with van der Waals surface area (Å²) in [5.74, 6) is -1.48. The Morgan fingerprint density at radius 1 is 1.56 bits per heavy atom. The molecule has 0 heterocycles.